The summed E-state index contributed by atoms with van der Waals surface area (Å²) < 4.78 is 1.19. The Morgan fingerprint density at radius 2 is 1.82 bits per heavy atom. The molecule has 0 saturated heterocycles. The second-order valence-electron chi connectivity index (χ2n) is 3.41. The van der Waals surface area contributed by atoms with Gasteiger partial charge < -0.3 is 10.4 Å². The van der Waals surface area contributed by atoms with Gasteiger partial charge in [0.05, 0.1) is 5.56 Å². The van der Waals surface area contributed by atoms with Gasteiger partial charge in [-0.3, -0.25) is 4.57 Å². The van der Waals surface area contributed by atoms with Crippen LogP contribution in [0, 0.1) is 0 Å². The summed E-state index contributed by atoms with van der Waals surface area (Å²) >= 11 is 0. The molecule has 1 aromatic heterocycles. The number of carbonyl (C=O) groups is 2. The molecule has 5 heteroatoms. The third kappa shape index (κ3) is 2.52. The molecule has 0 unspecified atom stereocenters. The molecule has 0 saturated carbocycles. The fourth-order valence-electron chi connectivity index (χ4n) is 1.36. The van der Waals surface area contributed by atoms with E-state index in [1.165, 1.54) is 23.0 Å². The van der Waals surface area contributed by atoms with Crippen molar-refractivity contribution in [3.63, 3.8) is 0 Å². The number of carbonyl (C=O) groups excluding carboxylic acids is 1. The van der Waals surface area contributed by atoms with Gasteiger partial charge in [-0.15, -0.1) is 0 Å². The summed E-state index contributed by atoms with van der Waals surface area (Å²) in [6.45, 7) is 0. The zero-order chi connectivity index (χ0) is 12.3. The van der Waals surface area contributed by atoms with Crippen molar-refractivity contribution in [2.75, 3.05) is 5.32 Å². The Labute approximate surface area is 97.3 Å². The lowest BCUT2D eigenvalue weighted by atomic mass is 10.3. The molecule has 1 amide bonds. The summed E-state index contributed by atoms with van der Waals surface area (Å²) in [5.41, 5.74) is 0.733. The van der Waals surface area contributed by atoms with Crippen molar-refractivity contribution < 1.29 is 14.7 Å². The predicted molar refractivity (Wildman–Crippen MR) is 62.3 cm³/mol. The zero-order valence-corrected chi connectivity index (χ0v) is 8.83. The summed E-state index contributed by atoms with van der Waals surface area (Å²) in [6.07, 6.45) is 2.67. The monoisotopic (exact) mass is 230 g/mol. The molecule has 0 spiro atoms. The molecule has 0 bridgehead atoms. The van der Waals surface area contributed by atoms with Gasteiger partial charge in [-0.1, -0.05) is 18.2 Å². The van der Waals surface area contributed by atoms with Crippen molar-refractivity contribution in [1.82, 2.24) is 4.57 Å². The van der Waals surface area contributed by atoms with E-state index in [4.69, 9.17) is 5.11 Å². The van der Waals surface area contributed by atoms with E-state index in [9.17, 15) is 9.59 Å². The first-order valence-corrected chi connectivity index (χ1v) is 4.94. The standard InChI is InChI=1S/C12H10N2O3/c15-11(16)9-6-7-14(8-9)12(17)13-10-4-2-1-3-5-10/h1-8H,(H,13,17)(H,15,16). The van der Waals surface area contributed by atoms with Crippen LogP contribution in [0.5, 0.6) is 0 Å². The highest BCUT2D eigenvalue weighted by Crippen LogP contribution is 2.07. The maximum atomic E-state index is 11.7. The largest absolute Gasteiger partial charge is 0.478 e. The summed E-state index contributed by atoms with van der Waals surface area (Å²) in [5, 5.41) is 11.4. The van der Waals surface area contributed by atoms with Gasteiger partial charge in [-0.25, -0.2) is 9.59 Å². The first-order valence-electron chi connectivity index (χ1n) is 4.94. The molecule has 0 aliphatic rings. The molecule has 0 fully saturated rings. The number of anilines is 1. The molecule has 1 heterocycles. The Bertz CT molecular complexity index is 546. The van der Waals surface area contributed by atoms with Crippen molar-refractivity contribution in [3.8, 4) is 0 Å². The van der Waals surface area contributed by atoms with Crippen molar-refractivity contribution in [2.24, 2.45) is 0 Å². The highest BCUT2D eigenvalue weighted by Gasteiger charge is 2.09. The van der Waals surface area contributed by atoms with Gasteiger partial charge in [-0.2, -0.15) is 0 Å². The van der Waals surface area contributed by atoms with E-state index < -0.39 is 12.0 Å². The second-order valence-corrected chi connectivity index (χ2v) is 3.41. The molecule has 86 valence electrons. The lowest BCUT2D eigenvalue weighted by molar-refractivity contribution is 0.0697. The number of hydrogen-bond acceptors (Lipinski definition) is 2. The van der Waals surface area contributed by atoms with Crippen LogP contribution in [0.4, 0.5) is 10.5 Å². The number of carboxylic acid groups (broad SMARTS) is 1. The Hall–Kier alpha value is -2.56. The average molecular weight is 230 g/mol. The molecule has 1 aromatic carbocycles. The van der Waals surface area contributed by atoms with Gasteiger partial charge in [-0.05, 0) is 18.2 Å². The third-order valence-electron chi connectivity index (χ3n) is 2.20. The topological polar surface area (TPSA) is 71.3 Å². The molecule has 5 nitrogen and oxygen atoms in total. The molecule has 2 N–H and O–H groups in total. The number of rotatable bonds is 2. The highest BCUT2D eigenvalue weighted by atomic mass is 16.4. The van der Waals surface area contributed by atoms with Gasteiger partial charge in [0, 0.05) is 18.1 Å². The first kappa shape index (κ1) is 10.9. The van der Waals surface area contributed by atoms with Crippen molar-refractivity contribution >= 4 is 17.7 Å². The predicted octanol–water partition coefficient (Wildman–Crippen LogP) is 2.27. The minimum absolute atomic E-state index is 0.0770. The van der Waals surface area contributed by atoms with E-state index >= 15 is 0 Å². The molecule has 17 heavy (non-hydrogen) atoms. The Morgan fingerprint density at radius 3 is 2.41 bits per heavy atom. The SMILES string of the molecule is O=C(O)c1ccn(C(=O)Nc2ccccc2)c1. The van der Waals surface area contributed by atoms with Gasteiger partial charge in [0.2, 0.25) is 0 Å². The fourth-order valence-corrected chi connectivity index (χ4v) is 1.36. The van der Waals surface area contributed by atoms with Crippen molar-refractivity contribution in [1.29, 1.82) is 0 Å². The lowest BCUT2D eigenvalue weighted by Gasteiger charge is -2.04. The minimum atomic E-state index is -1.06. The minimum Gasteiger partial charge on any atom is -0.478 e. The van der Waals surface area contributed by atoms with Crippen LogP contribution in [0.2, 0.25) is 0 Å². The number of aromatic carboxylic acids is 1. The number of hydrogen-bond donors (Lipinski definition) is 2. The van der Waals surface area contributed by atoms with Crippen LogP contribution in [0.25, 0.3) is 0 Å². The van der Waals surface area contributed by atoms with E-state index in [1.54, 1.807) is 24.3 Å². The van der Waals surface area contributed by atoms with Crippen LogP contribution < -0.4 is 5.32 Å². The van der Waals surface area contributed by atoms with Gasteiger partial charge in [0.15, 0.2) is 0 Å². The zero-order valence-electron chi connectivity index (χ0n) is 8.83. The number of amides is 1. The third-order valence-corrected chi connectivity index (χ3v) is 2.20. The first-order chi connectivity index (χ1) is 8.16. The van der Waals surface area contributed by atoms with Crippen LogP contribution in [0.1, 0.15) is 10.4 Å². The molecule has 2 aromatic rings. The van der Waals surface area contributed by atoms with E-state index in [0.717, 1.165) is 0 Å². The Balaban J connectivity index is 2.12. The number of carboxylic acids is 1. The van der Waals surface area contributed by atoms with Crippen molar-refractivity contribution in [3.05, 3.63) is 54.4 Å². The van der Waals surface area contributed by atoms with Gasteiger partial charge in [0.1, 0.15) is 0 Å². The summed E-state index contributed by atoms with van der Waals surface area (Å²) in [6, 6.07) is 9.91. The number of benzene rings is 1. The maximum absolute atomic E-state index is 11.7. The lowest BCUT2D eigenvalue weighted by Crippen LogP contribution is -2.17. The number of aromatic nitrogens is 1. The molecule has 0 aliphatic heterocycles. The van der Waals surface area contributed by atoms with E-state index in [2.05, 4.69) is 5.32 Å². The molecule has 2 rings (SSSR count). The van der Waals surface area contributed by atoms with Gasteiger partial charge >= 0.3 is 12.0 Å². The van der Waals surface area contributed by atoms with E-state index in [-0.39, 0.29) is 5.56 Å². The highest BCUT2D eigenvalue weighted by molar-refractivity contribution is 5.93. The maximum Gasteiger partial charge on any atom is 0.337 e. The Morgan fingerprint density at radius 1 is 1.12 bits per heavy atom. The summed E-state index contributed by atoms with van der Waals surface area (Å²) in [5.74, 6) is -1.06. The van der Waals surface area contributed by atoms with Crippen molar-refractivity contribution in [2.45, 2.75) is 0 Å². The molecule has 0 radical (unpaired) electrons. The van der Waals surface area contributed by atoms with E-state index in [0.29, 0.717) is 5.69 Å². The molecule has 0 atom stereocenters. The molecular formula is C12H10N2O3. The van der Waals surface area contributed by atoms with Crippen LogP contribution in [-0.2, 0) is 0 Å². The average Bonchev–Trinajstić information content (AvgIpc) is 2.79. The molecule has 0 aliphatic carbocycles. The second kappa shape index (κ2) is 4.52. The van der Waals surface area contributed by atoms with Gasteiger partial charge in [0.25, 0.3) is 0 Å². The number of nitrogens with zero attached hydrogens (tertiary/aromatic N) is 1. The van der Waals surface area contributed by atoms with Crippen LogP contribution in [0.15, 0.2) is 48.8 Å². The Kier molecular flexibility index (Phi) is 2.91. The van der Waals surface area contributed by atoms with Crippen LogP contribution >= 0.6 is 0 Å². The fraction of sp³-hybridized carbons (Fsp3) is 0. The van der Waals surface area contributed by atoms with Crippen LogP contribution in [0.3, 0.4) is 0 Å². The molecular weight excluding hydrogens is 220 g/mol. The van der Waals surface area contributed by atoms with E-state index in [1.807, 2.05) is 6.07 Å². The summed E-state index contributed by atoms with van der Waals surface area (Å²) in [4.78, 5) is 22.4. The number of para-hydroxylation sites is 1. The summed E-state index contributed by atoms with van der Waals surface area (Å²) in [7, 11) is 0. The van der Waals surface area contributed by atoms with Crippen LogP contribution in [-0.4, -0.2) is 21.7 Å². The number of nitrogens with one attached hydrogen (secondary N) is 1. The quantitative estimate of drug-likeness (QED) is 0.831. The smallest absolute Gasteiger partial charge is 0.337 e. The normalized spacial score (nSPS) is 9.88.